The Bertz CT molecular complexity index is 764. The van der Waals surface area contributed by atoms with E-state index in [1.165, 1.54) is 0 Å². The Morgan fingerprint density at radius 3 is 2.95 bits per heavy atom. The summed E-state index contributed by atoms with van der Waals surface area (Å²) in [5, 5.41) is 4.27. The molecule has 0 aliphatic rings. The Morgan fingerprint density at radius 1 is 1.20 bits per heavy atom. The van der Waals surface area contributed by atoms with Crippen molar-refractivity contribution in [3.63, 3.8) is 0 Å². The van der Waals surface area contributed by atoms with E-state index in [0.29, 0.717) is 17.9 Å². The molecule has 5 nitrogen and oxygen atoms in total. The number of aromatic nitrogens is 3. The predicted molar refractivity (Wildman–Crippen MR) is 74.4 cm³/mol. The number of esters is 1. The van der Waals surface area contributed by atoms with Gasteiger partial charge in [-0.1, -0.05) is 6.07 Å². The van der Waals surface area contributed by atoms with Crippen molar-refractivity contribution in [2.45, 2.75) is 6.92 Å². The highest BCUT2D eigenvalue weighted by Gasteiger charge is 2.16. The lowest BCUT2D eigenvalue weighted by atomic mass is 10.1. The van der Waals surface area contributed by atoms with E-state index in [0.717, 1.165) is 11.2 Å². The molecule has 5 heteroatoms. The number of fused-ring (bicyclic) bond motifs is 1. The molecule has 100 valence electrons. The molecule has 3 heterocycles. The van der Waals surface area contributed by atoms with Crippen molar-refractivity contribution in [2.75, 3.05) is 6.61 Å². The molecule has 0 fully saturated rings. The van der Waals surface area contributed by atoms with Crippen LogP contribution in [-0.2, 0) is 4.74 Å². The molecule has 20 heavy (non-hydrogen) atoms. The monoisotopic (exact) mass is 267 g/mol. The molecule has 3 aromatic heterocycles. The summed E-state index contributed by atoms with van der Waals surface area (Å²) in [5.74, 6) is -0.375. The molecule has 0 aliphatic heterocycles. The van der Waals surface area contributed by atoms with Crippen LogP contribution in [0.1, 0.15) is 17.3 Å². The Hall–Kier alpha value is -2.69. The van der Waals surface area contributed by atoms with E-state index >= 15 is 0 Å². The van der Waals surface area contributed by atoms with Gasteiger partial charge in [0.2, 0.25) is 0 Å². The zero-order valence-electron chi connectivity index (χ0n) is 11.0. The van der Waals surface area contributed by atoms with E-state index in [1.807, 2.05) is 24.3 Å². The van der Waals surface area contributed by atoms with Crippen LogP contribution < -0.4 is 0 Å². The molecule has 3 aromatic rings. The number of rotatable bonds is 3. The Labute approximate surface area is 115 Å². The summed E-state index contributed by atoms with van der Waals surface area (Å²) in [7, 11) is 0. The van der Waals surface area contributed by atoms with Gasteiger partial charge in [0.05, 0.1) is 29.6 Å². The summed E-state index contributed by atoms with van der Waals surface area (Å²) in [6.07, 6.45) is 3.37. The summed E-state index contributed by atoms with van der Waals surface area (Å²) in [4.78, 5) is 16.3. The summed E-state index contributed by atoms with van der Waals surface area (Å²) < 4.78 is 6.83. The fraction of sp³-hybridized carbons (Fsp3) is 0.133. The average molecular weight is 267 g/mol. The Kier molecular flexibility index (Phi) is 3.16. The van der Waals surface area contributed by atoms with Crippen LogP contribution in [0, 0.1) is 0 Å². The molecule has 3 rings (SSSR count). The number of hydrogen-bond acceptors (Lipinski definition) is 4. The number of pyridine rings is 2. The lowest BCUT2D eigenvalue weighted by Gasteiger charge is -2.09. The minimum atomic E-state index is -0.375. The van der Waals surface area contributed by atoms with Crippen LogP contribution >= 0.6 is 0 Å². The molecule has 0 radical (unpaired) electrons. The highest BCUT2D eigenvalue weighted by Crippen LogP contribution is 2.22. The fourth-order valence-electron chi connectivity index (χ4n) is 2.11. The first-order valence-electron chi connectivity index (χ1n) is 6.36. The Balaban J connectivity index is 2.19. The molecule has 0 atom stereocenters. The van der Waals surface area contributed by atoms with Gasteiger partial charge >= 0.3 is 5.97 Å². The third kappa shape index (κ3) is 2.03. The van der Waals surface area contributed by atoms with Crippen molar-refractivity contribution < 1.29 is 9.53 Å². The molecule has 0 bridgehead atoms. The van der Waals surface area contributed by atoms with Gasteiger partial charge in [-0.3, -0.25) is 4.98 Å². The van der Waals surface area contributed by atoms with Crippen molar-refractivity contribution in [1.29, 1.82) is 0 Å². The van der Waals surface area contributed by atoms with Gasteiger partial charge in [0.1, 0.15) is 5.69 Å². The standard InChI is InChI=1S/C15H13N3O2/c1-2-20-15(19)12-6-4-9-16-14(12)13-7-3-5-11-8-10-17-18(11)13/h3-10H,2H2,1H3. The molecule has 0 aliphatic carbocycles. The number of hydrogen-bond donors (Lipinski definition) is 0. The van der Waals surface area contributed by atoms with Crippen LogP contribution in [0.5, 0.6) is 0 Å². The molecule has 0 spiro atoms. The molecule has 0 N–H and O–H groups in total. The zero-order valence-corrected chi connectivity index (χ0v) is 11.0. The van der Waals surface area contributed by atoms with Crippen molar-refractivity contribution >= 4 is 11.5 Å². The van der Waals surface area contributed by atoms with Crippen LogP contribution in [0.4, 0.5) is 0 Å². The van der Waals surface area contributed by atoms with Gasteiger partial charge in [0, 0.05) is 6.20 Å². The smallest absolute Gasteiger partial charge is 0.340 e. The average Bonchev–Trinajstić information content (AvgIpc) is 2.96. The van der Waals surface area contributed by atoms with Crippen LogP contribution in [0.2, 0.25) is 0 Å². The SMILES string of the molecule is CCOC(=O)c1cccnc1-c1cccc2ccnn12. The zero-order chi connectivity index (χ0) is 13.9. The topological polar surface area (TPSA) is 56.5 Å². The van der Waals surface area contributed by atoms with E-state index in [4.69, 9.17) is 4.74 Å². The lowest BCUT2D eigenvalue weighted by Crippen LogP contribution is -2.08. The van der Waals surface area contributed by atoms with Crippen molar-refractivity contribution in [3.8, 4) is 11.4 Å². The van der Waals surface area contributed by atoms with Gasteiger partial charge < -0.3 is 4.74 Å². The van der Waals surface area contributed by atoms with Gasteiger partial charge in [0.25, 0.3) is 0 Å². The highest BCUT2D eigenvalue weighted by molar-refractivity contribution is 5.95. The third-order valence-electron chi connectivity index (χ3n) is 2.97. The van der Waals surface area contributed by atoms with E-state index in [-0.39, 0.29) is 5.97 Å². The van der Waals surface area contributed by atoms with Gasteiger partial charge in [-0.2, -0.15) is 5.10 Å². The lowest BCUT2D eigenvalue weighted by molar-refractivity contribution is 0.0527. The van der Waals surface area contributed by atoms with Crippen LogP contribution in [0.3, 0.4) is 0 Å². The normalized spacial score (nSPS) is 10.7. The number of ether oxygens (including phenoxy) is 1. The van der Waals surface area contributed by atoms with Crippen LogP contribution in [0.15, 0.2) is 48.8 Å². The number of nitrogens with zero attached hydrogens (tertiary/aromatic N) is 3. The number of carbonyl (C=O) groups excluding carboxylic acids is 1. The molecular formula is C15H13N3O2. The molecular weight excluding hydrogens is 254 g/mol. The predicted octanol–water partition coefficient (Wildman–Crippen LogP) is 2.57. The van der Waals surface area contributed by atoms with Crippen LogP contribution in [0.25, 0.3) is 16.9 Å². The molecule has 0 saturated carbocycles. The molecule has 0 saturated heterocycles. The number of carbonyl (C=O) groups is 1. The van der Waals surface area contributed by atoms with E-state index in [2.05, 4.69) is 10.1 Å². The first kappa shape index (κ1) is 12.3. The van der Waals surface area contributed by atoms with Gasteiger partial charge in [0.15, 0.2) is 0 Å². The second-order valence-electron chi connectivity index (χ2n) is 4.20. The quantitative estimate of drug-likeness (QED) is 0.684. The maximum atomic E-state index is 12.0. The maximum absolute atomic E-state index is 12.0. The Morgan fingerprint density at radius 2 is 2.10 bits per heavy atom. The first-order valence-corrected chi connectivity index (χ1v) is 6.36. The summed E-state index contributed by atoms with van der Waals surface area (Å²) in [5.41, 5.74) is 2.72. The fourth-order valence-corrected chi connectivity index (χ4v) is 2.11. The van der Waals surface area contributed by atoms with Crippen molar-refractivity contribution in [1.82, 2.24) is 14.6 Å². The van der Waals surface area contributed by atoms with E-state index in [1.54, 1.807) is 36.0 Å². The molecule has 0 unspecified atom stereocenters. The second-order valence-corrected chi connectivity index (χ2v) is 4.20. The van der Waals surface area contributed by atoms with E-state index < -0.39 is 0 Å². The second kappa shape index (κ2) is 5.13. The van der Waals surface area contributed by atoms with Gasteiger partial charge in [-0.15, -0.1) is 0 Å². The largest absolute Gasteiger partial charge is 0.462 e. The maximum Gasteiger partial charge on any atom is 0.340 e. The summed E-state index contributed by atoms with van der Waals surface area (Å²) in [6.45, 7) is 2.11. The van der Waals surface area contributed by atoms with Crippen molar-refractivity contribution in [3.05, 3.63) is 54.4 Å². The molecule has 0 amide bonds. The minimum absolute atomic E-state index is 0.332. The summed E-state index contributed by atoms with van der Waals surface area (Å²) in [6, 6.07) is 11.1. The van der Waals surface area contributed by atoms with Crippen molar-refractivity contribution in [2.24, 2.45) is 0 Å². The first-order chi connectivity index (χ1) is 9.81. The highest BCUT2D eigenvalue weighted by atomic mass is 16.5. The third-order valence-corrected chi connectivity index (χ3v) is 2.97. The molecule has 0 aromatic carbocycles. The minimum Gasteiger partial charge on any atom is -0.462 e. The van der Waals surface area contributed by atoms with Gasteiger partial charge in [-0.25, -0.2) is 9.31 Å². The van der Waals surface area contributed by atoms with E-state index in [9.17, 15) is 4.79 Å². The van der Waals surface area contributed by atoms with Gasteiger partial charge in [-0.05, 0) is 37.3 Å². The summed E-state index contributed by atoms with van der Waals surface area (Å²) >= 11 is 0. The van der Waals surface area contributed by atoms with Crippen LogP contribution in [-0.4, -0.2) is 27.2 Å².